The van der Waals surface area contributed by atoms with Crippen LogP contribution in [-0.4, -0.2) is 17.1 Å². The first-order valence-corrected chi connectivity index (χ1v) is 4.33. The number of carbonyl (C=O) groups is 1. The summed E-state index contributed by atoms with van der Waals surface area (Å²) in [5.74, 6) is 0.0364. The second-order valence-electron chi connectivity index (χ2n) is 3.29. The van der Waals surface area contributed by atoms with Gasteiger partial charge < -0.3 is 0 Å². The van der Waals surface area contributed by atoms with Crippen molar-refractivity contribution in [3.63, 3.8) is 0 Å². The number of fused-ring (bicyclic) bond motifs is 3. The number of amides is 1. The summed E-state index contributed by atoms with van der Waals surface area (Å²) in [5, 5.41) is 5.63. The van der Waals surface area contributed by atoms with Crippen LogP contribution in [0.1, 0.15) is 28.4 Å². The van der Waals surface area contributed by atoms with E-state index < -0.39 is 0 Å². The van der Waals surface area contributed by atoms with Crippen LogP contribution in [0.2, 0.25) is 0 Å². The van der Waals surface area contributed by atoms with Crippen LogP contribution in [0.3, 0.4) is 0 Å². The van der Waals surface area contributed by atoms with Gasteiger partial charge in [-0.2, -0.15) is 5.10 Å². The first-order chi connectivity index (χ1) is 6.38. The molecule has 2 aliphatic heterocycles. The topological polar surface area (TPSA) is 32.7 Å². The third-order valence-electron chi connectivity index (χ3n) is 2.59. The van der Waals surface area contributed by atoms with E-state index in [1.807, 2.05) is 24.3 Å². The molecule has 0 radical (unpaired) electrons. The summed E-state index contributed by atoms with van der Waals surface area (Å²) in [6, 6.07) is 7.90. The van der Waals surface area contributed by atoms with Crippen LogP contribution < -0.4 is 0 Å². The van der Waals surface area contributed by atoms with Gasteiger partial charge in [0.05, 0.1) is 6.04 Å². The van der Waals surface area contributed by atoms with E-state index in [0.717, 1.165) is 17.5 Å². The Labute approximate surface area is 75.7 Å². The van der Waals surface area contributed by atoms with Gasteiger partial charge in [-0.05, 0) is 11.6 Å². The van der Waals surface area contributed by atoms with Gasteiger partial charge in [-0.3, -0.25) is 4.79 Å². The molecule has 0 aliphatic carbocycles. The van der Waals surface area contributed by atoms with Gasteiger partial charge in [-0.15, -0.1) is 0 Å². The second kappa shape index (κ2) is 2.19. The maximum absolute atomic E-state index is 11.7. The van der Waals surface area contributed by atoms with Crippen LogP contribution in [0, 0.1) is 0 Å². The molecule has 3 nitrogen and oxygen atoms in total. The minimum absolute atomic E-state index is 0.0364. The molecule has 0 N–H and O–H groups in total. The van der Waals surface area contributed by atoms with Gasteiger partial charge in [-0.25, -0.2) is 5.01 Å². The second-order valence-corrected chi connectivity index (χ2v) is 3.29. The van der Waals surface area contributed by atoms with Crippen molar-refractivity contribution in [3.05, 3.63) is 35.4 Å². The Kier molecular flexibility index (Phi) is 1.15. The molecule has 1 unspecified atom stereocenters. The van der Waals surface area contributed by atoms with E-state index in [-0.39, 0.29) is 11.9 Å². The normalized spacial score (nSPS) is 23.5. The van der Waals surface area contributed by atoms with Crippen molar-refractivity contribution in [2.45, 2.75) is 12.5 Å². The van der Waals surface area contributed by atoms with E-state index in [1.54, 1.807) is 11.2 Å². The highest BCUT2D eigenvalue weighted by Crippen LogP contribution is 2.37. The minimum atomic E-state index is 0.0364. The Balaban J connectivity index is 2.21. The molecular weight excluding hydrogens is 164 g/mol. The molecule has 1 aromatic carbocycles. The zero-order valence-electron chi connectivity index (χ0n) is 6.97. The average molecular weight is 172 g/mol. The maximum Gasteiger partial charge on any atom is 0.274 e. The molecule has 64 valence electrons. The smallest absolute Gasteiger partial charge is 0.267 e. The van der Waals surface area contributed by atoms with Crippen molar-refractivity contribution in [3.8, 4) is 0 Å². The lowest BCUT2D eigenvalue weighted by atomic mass is 10.0. The van der Waals surface area contributed by atoms with Crippen LogP contribution in [0.5, 0.6) is 0 Å². The van der Waals surface area contributed by atoms with E-state index in [1.165, 1.54) is 0 Å². The Bertz CT molecular complexity index is 411. The summed E-state index contributed by atoms with van der Waals surface area (Å²) in [6.07, 6.45) is 2.65. The molecule has 3 heteroatoms. The van der Waals surface area contributed by atoms with Crippen LogP contribution in [0.15, 0.2) is 29.4 Å². The summed E-state index contributed by atoms with van der Waals surface area (Å²) in [6.45, 7) is 0. The summed E-state index contributed by atoms with van der Waals surface area (Å²) >= 11 is 0. The SMILES string of the molecule is O=C1c2ccccc2C2CC=NN12. The molecule has 2 aliphatic rings. The lowest BCUT2D eigenvalue weighted by Crippen LogP contribution is -2.17. The third kappa shape index (κ3) is 0.736. The summed E-state index contributed by atoms with van der Waals surface area (Å²) in [7, 11) is 0. The molecule has 1 amide bonds. The van der Waals surface area contributed by atoms with Crippen molar-refractivity contribution in [1.82, 2.24) is 5.01 Å². The maximum atomic E-state index is 11.7. The fraction of sp³-hybridized carbons (Fsp3) is 0.200. The highest BCUT2D eigenvalue weighted by Gasteiger charge is 2.38. The highest BCUT2D eigenvalue weighted by molar-refractivity contribution is 6.00. The van der Waals surface area contributed by atoms with E-state index in [9.17, 15) is 4.79 Å². The van der Waals surface area contributed by atoms with Crippen molar-refractivity contribution < 1.29 is 4.79 Å². The molecular formula is C10H8N2O. The first-order valence-electron chi connectivity index (χ1n) is 4.33. The molecule has 13 heavy (non-hydrogen) atoms. The average Bonchev–Trinajstić information content (AvgIpc) is 2.72. The third-order valence-corrected chi connectivity index (χ3v) is 2.59. The number of hydrazone groups is 1. The summed E-state index contributed by atoms with van der Waals surface area (Å²) in [4.78, 5) is 11.7. The van der Waals surface area contributed by atoms with Crippen molar-refractivity contribution in [2.24, 2.45) is 5.10 Å². The Hall–Kier alpha value is -1.64. The number of benzene rings is 1. The van der Waals surface area contributed by atoms with Crippen molar-refractivity contribution in [2.75, 3.05) is 0 Å². The van der Waals surface area contributed by atoms with Gasteiger partial charge in [0, 0.05) is 18.2 Å². The van der Waals surface area contributed by atoms with E-state index in [0.29, 0.717) is 0 Å². The molecule has 2 heterocycles. The molecule has 0 spiro atoms. The van der Waals surface area contributed by atoms with Gasteiger partial charge in [0.1, 0.15) is 0 Å². The van der Waals surface area contributed by atoms with Gasteiger partial charge in [0.15, 0.2) is 0 Å². The molecule has 1 atom stereocenters. The zero-order chi connectivity index (χ0) is 8.84. The van der Waals surface area contributed by atoms with Crippen molar-refractivity contribution >= 4 is 12.1 Å². The van der Waals surface area contributed by atoms with Crippen molar-refractivity contribution in [1.29, 1.82) is 0 Å². The molecule has 0 bridgehead atoms. The highest BCUT2D eigenvalue weighted by atomic mass is 16.2. The quantitative estimate of drug-likeness (QED) is 0.584. The molecule has 3 rings (SSSR count). The Morgan fingerprint density at radius 2 is 2.23 bits per heavy atom. The predicted octanol–water partition coefficient (Wildman–Crippen LogP) is 1.57. The van der Waals surface area contributed by atoms with Crippen LogP contribution >= 0.6 is 0 Å². The fourth-order valence-corrected chi connectivity index (χ4v) is 1.97. The molecule has 1 aromatic rings. The number of nitrogens with zero attached hydrogens (tertiary/aromatic N) is 2. The van der Waals surface area contributed by atoms with Gasteiger partial charge >= 0.3 is 0 Å². The van der Waals surface area contributed by atoms with E-state index in [2.05, 4.69) is 5.10 Å². The Morgan fingerprint density at radius 3 is 3.15 bits per heavy atom. The molecule has 0 saturated carbocycles. The van der Waals surface area contributed by atoms with Crippen LogP contribution in [0.25, 0.3) is 0 Å². The standard InChI is InChI=1S/C10H8N2O/c13-10-8-4-2-1-3-7(8)9-5-6-11-12(9)10/h1-4,6,9H,5H2. The minimum Gasteiger partial charge on any atom is -0.267 e. The lowest BCUT2D eigenvalue weighted by Gasteiger charge is -2.10. The van der Waals surface area contributed by atoms with Gasteiger partial charge in [0.25, 0.3) is 5.91 Å². The summed E-state index contributed by atoms with van der Waals surface area (Å²) in [5.41, 5.74) is 1.93. The lowest BCUT2D eigenvalue weighted by molar-refractivity contribution is 0.0756. The number of rotatable bonds is 0. The van der Waals surface area contributed by atoms with Crippen LogP contribution in [-0.2, 0) is 0 Å². The molecule has 0 saturated heterocycles. The monoisotopic (exact) mass is 172 g/mol. The van der Waals surface area contributed by atoms with E-state index >= 15 is 0 Å². The number of hydrogen-bond acceptors (Lipinski definition) is 2. The first kappa shape index (κ1) is 6.83. The fourth-order valence-electron chi connectivity index (χ4n) is 1.97. The molecule has 0 fully saturated rings. The largest absolute Gasteiger partial charge is 0.274 e. The van der Waals surface area contributed by atoms with Gasteiger partial charge in [0.2, 0.25) is 0 Å². The zero-order valence-corrected chi connectivity index (χ0v) is 6.97. The number of hydrogen-bond donors (Lipinski definition) is 0. The predicted molar refractivity (Wildman–Crippen MR) is 48.5 cm³/mol. The summed E-state index contributed by atoms with van der Waals surface area (Å²) < 4.78 is 0. The van der Waals surface area contributed by atoms with Crippen LogP contribution in [0.4, 0.5) is 0 Å². The van der Waals surface area contributed by atoms with E-state index in [4.69, 9.17) is 0 Å². The number of carbonyl (C=O) groups excluding carboxylic acids is 1. The Morgan fingerprint density at radius 1 is 1.38 bits per heavy atom. The molecule has 0 aromatic heterocycles. The van der Waals surface area contributed by atoms with Gasteiger partial charge in [-0.1, -0.05) is 18.2 Å².